The lowest BCUT2D eigenvalue weighted by atomic mass is 10.0. The van der Waals surface area contributed by atoms with Gasteiger partial charge in [-0.25, -0.2) is 0 Å². The van der Waals surface area contributed by atoms with Crippen LogP contribution < -0.4 is 20.4 Å². The second-order valence-corrected chi connectivity index (χ2v) is 12.8. The maximum atomic E-state index is 6.31. The summed E-state index contributed by atoms with van der Waals surface area (Å²) < 4.78 is 0. The fourth-order valence-electron chi connectivity index (χ4n) is 6.70. The smallest absolute Gasteiger partial charge is 0.0532 e. The molecule has 0 bridgehead atoms. The Morgan fingerprint density at radius 1 is 0.340 bits per heavy atom. The summed E-state index contributed by atoms with van der Waals surface area (Å²) >= 11 is 0. The summed E-state index contributed by atoms with van der Waals surface area (Å²) in [5.74, 6) is 0. The molecule has 7 aromatic carbocycles. The molecule has 0 aliphatic rings. The molecule has 0 aromatic heterocycles. The summed E-state index contributed by atoms with van der Waals surface area (Å²) in [4.78, 5) is 7.12. The molecule has 0 spiro atoms. The number of nitrogen functional groups attached to an aromatic ring is 1. The average Bonchev–Trinajstić information content (AvgIpc) is 3.14. The van der Waals surface area contributed by atoms with Crippen molar-refractivity contribution < 1.29 is 0 Å². The van der Waals surface area contributed by atoms with Gasteiger partial charge < -0.3 is 20.4 Å². The Labute approximate surface area is 296 Å². The molecule has 0 saturated heterocycles. The Morgan fingerprint density at radius 2 is 0.780 bits per heavy atom. The number of nitrogens with zero attached hydrogens (tertiary/aromatic N) is 3. The van der Waals surface area contributed by atoms with Gasteiger partial charge in [-0.1, -0.05) is 90.5 Å². The maximum Gasteiger partial charge on any atom is 0.0532 e. The first-order chi connectivity index (χ1) is 24.4. The fraction of sp³-hybridized carbons (Fsp3) is 0.0870. The van der Waals surface area contributed by atoms with Crippen molar-refractivity contribution in [3.8, 4) is 0 Å². The Morgan fingerprint density at radius 3 is 1.28 bits per heavy atom. The molecule has 0 heterocycles. The molecule has 7 rings (SSSR count). The molecular weight excluding hydrogens is 609 g/mol. The van der Waals surface area contributed by atoms with Crippen molar-refractivity contribution in [1.29, 1.82) is 0 Å². The van der Waals surface area contributed by atoms with Crippen molar-refractivity contribution in [1.82, 2.24) is 0 Å². The Kier molecular flexibility index (Phi) is 9.09. The van der Waals surface area contributed by atoms with Crippen molar-refractivity contribution in [2.24, 2.45) is 0 Å². The van der Waals surface area contributed by atoms with Crippen LogP contribution >= 0.6 is 0 Å². The molecule has 0 aliphatic carbocycles. The molecule has 246 valence electrons. The van der Waals surface area contributed by atoms with E-state index in [-0.39, 0.29) is 0 Å². The predicted octanol–water partition coefficient (Wildman–Crippen LogP) is 12.9. The van der Waals surface area contributed by atoms with E-state index in [4.69, 9.17) is 5.73 Å². The number of benzene rings is 7. The van der Waals surface area contributed by atoms with Gasteiger partial charge in [-0.2, -0.15) is 0 Å². The number of para-hydroxylation sites is 4. The van der Waals surface area contributed by atoms with Crippen LogP contribution in [0, 0.1) is 27.7 Å². The summed E-state index contributed by atoms with van der Waals surface area (Å²) in [7, 11) is 0. The third kappa shape index (κ3) is 6.44. The molecule has 4 nitrogen and oxygen atoms in total. The van der Waals surface area contributed by atoms with E-state index < -0.39 is 0 Å². The minimum atomic E-state index is 0.745. The molecule has 0 saturated carbocycles. The average molecular weight is 651 g/mol. The van der Waals surface area contributed by atoms with Crippen LogP contribution in [0.15, 0.2) is 170 Å². The van der Waals surface area contributed by atoms with Crippen LogP contribution in [0.4, 0.5) is 56.9 Å². The zero-order chi connectivity index (χ0) is 34.6. The third-order valence-corrected chi connectivity index (χ3v) is 9.23. The first-order valence-corrected chi connectivity index (χ1v) is 17.1. The van der Waals surface area contributed by atoms with Gasteiger partial charge in [0.25, 0.3) is 0 Å². The summed E-state index contributed by atoms with van der Waals surface area (Å²) in [6.45, 7) is 8.69. The molecule has 0 radical (unpaired) electrons. The zero-order valence-corrected chi connectivity index (χ0v) is 29.1. The van der Waals surface area contributed by atoms with Crippen molar-refractivity contribution in [2.75, 3.05) is 20.4 Å². The van der Waals surface area contributed by atoms with Crippen LogP contribution in [0.2, 0.25) is 0 Å². The zero-order valence-electron chi connectivity index (χ0n) is 29.1. The molecule has 4 heteroatoms. The van der Waals surface area contributed by atoms with Crippen molar-refractivity contribution in [3.63, 3.8) is 0 Å². The van der Waals surface area contributed by atoms with Crippen LogP contribution in [0.3, 0.4) is 0 Å². The SMILES string of the molecule is Cc1ccc(N(c2ccccc2)c2cc(N(c3ccccc3)c3ccccc3C)c(C)c(N(c3ccccc3)c3ccc(N)cc3C)c2)cc1. The number of anilines is 10. The molecular formula is C46H42N4. The Balaban J connectivity index is 1.59. The highest BCUT2D eigenvalue weighted by molar-refractivity contribution is 5.92. The lowest BCUT2D eigenvalue weighted by Gasteiger charge is -2.35. The van der Waals surface area contributed by atoms with Crippen molar-refractivity contribution >= 4 is 56.9 Å². The third-order valence-electron chi connectivity index (χ3n) is 9.23. The Bertz CT molecular complexity index is 2210. The highest BCUT2D eigenvalue weighted by atomic mass is 15.2. The number of hydrogen-bond acceptors (Lipinski definition) is 4. The molecule has 0 amide bonds. The van der Waals surface area contributed by atoms with Gasteiger partial charge in [0.2, 0.25) is 0 Å². The lowest BCUT2D eigenvalue weighted by Crippen LogP contribution is -2.19. The molecule has 0 aliphatic heterocycles. The van der Waals surface area contributed by atoms with Gasteiger partial charge in [-0.15, -0.1) is 0 Å². The summed E-state index contributed by atoms with van der Waals surface area (Å²) in [6.07, 6.45) is 0. The summed E-state index contributed by atoms with van der Waals surface area (Å²) in [6, 6.07) is 60.1. The van der Waals surface area contributed by atoms with Gasteiger partial charge >= 0.3 is 0 Å². The van der Waals surface area contributed by atoms with E-state index in [1.54, 1.807) is 0 Å². The van der Waals surface area contributed by atoms with E-state index in [1.165, 1.54) is 11.1 Å². The van der Waals surface area contributed by atoms with Gasteiger partial charge in [0.15, 0.2) is 0 Å². The fourth-order valence-corrected chi connectivity index (χ4v) is 6.70. The maximum absolute atomic E-state index is 6.31. The number of aryl methyl sites for hydroxylation is 3. The number of nitrogens with two attached hydrogens (primary N) is 1. The Hall–Kier alpha value is -6.26. The van der Waals surface area contributed by atoms with Gasteiger partial charge in [0, 0.05) is 39.8 Å². The summed E-state index contributed by atoms with van der Waals surface area (Å²) in [5.41, 5.74) is 21.4. The van der Waals surface area contributed by atoms with E-state index in [9.17, 15) is 0 Å². The second kappa shape index (κ2) is 14.1. The van der Waals surface area contributed by atoms with E-state index in [0.29, 0.717) is 0 Å². The van der Waals surface area contributed by atoms with Gasteiger partial charge in [0.05, 0.1) is 17.1 Å². The minimum absolute atomic E-state index is 0.745. The van der Waals surface area contributed by atoms with Crippen LogP contribution in [0.25, 0.3) is 0 Å². The van der Waals surface area contributed by atoms with Gasteiger partial charge in [0.1, 0.15) is 0 Å². The second-order valence-electron chi connectivity index (χ2n) is 12.8. The standard InChI is InChI=1S/C46H42N4/c1-33-24-27-41(28-25-33)48(38-17-8-5-9-18-38)42-31-45(49(39-19-10-6-11-20-39)43-23-15-14-16-34(43)2)36(4)46(32-42)50(40-21-12-7-13-22-40)44-29-26-37(47)30-35(44)3/h5-32H,47H2,1-4H3. The van der Waals surface area contributed by atoms with Crippen LogP contribution in [-0.4, -0.2) is 0 Å². The topological polar surface area (TPSA) is 35.7 Å². The largest absolute Gasteiger partial charge is 0.399 e. The molecule has 50 heavy (non-hydrogen) atoms. The van der Waals surface area contributed by atoms with Crippen molar-refractivity contribution in [2.45, 2.75) is 27.7 Å². The molecule has 7 aromatic rings. The van der Waals surface area contributed by atoms with Crippen LogP contribution in [-0.2, 0) is 0 Å². The predicted molar refractivity (Wildman–Crippen MR) is 214 cm³/mol. The first-order valence-electron chi connectivity index (χ1n) is 17.1. The number of rotatable bonds is 9. The molecule has 0 unspecified atom stereocenters. The molecule has 0 atom stereocenters. The van der Waals surface area contributed by atoms with Gasteiger partial charge in [-0.3, -0.25) is 0 Å². The van der Waals surface area contributed by atoms with E-state index in [2.05, 4.69) is 206 Å². The van der Waals surface area contributed by atoms with E-state index >= 15 is 0 Å². The van der Waals surface area contributed by atoms with Gasteiger partial charge in [-0.05, 0) is 129 Å². The van der Waals surface area contributed by atoms with E-state index in [1.807, 2.05) is 6.07 Å². The monoisotopic (exact) mass is 650 g/mol. The van der Waals surface area contributed by atoms with Crippen molar-refractivity contribution in [3.05, 3.63) is 192 Å². The van der Waals surface area contributed by atoms with E-state index in [0.717, 1.165) is 68.0 Å². The lowest BCUT2D eigenvalue weighted by molar-refractivity contribution is 1.17. The van der Waals surface area contributed by atoms with Crippen LogP contribution in [0.1, 0.15) is 22.3 Å². The minimum Gasteiger partial charge on any atom is -0.399 e. The quantitative estimate of drug-likeness (QED) is 0.158. The summed E-state index contributed by atoms with van der Waals surface area (Å²) in [5, 5.41) is 0. The van der Waals surface area contributed by atoms with Crippen LogP contribution in [0.5, 0.6) is 0 Å². The molecule has 2 N–H and O–H groups in total. The first kappa shape index (κ1) is 32.3. The molecule has 0 fully saturated rings. The number of hydrogen-bond donors (Lipinski definition) is 1. The highest BCUT2D eigenvalue weighted by Crippen LogP contribution is 2.49. The highest BCUT2D eigenvalue weighted by Gasteiger charge is 2.26. The normalized spacial score (nSPS) is 10.9.